The average molecular weight is 350 g/mol. The van der Waals surface area contributed by atoms with Gasteiger partial charge in [0.05, 0.1) is 5.41 Å². The number of rotatable bonds is 5. The second-order valence-corrected chi connectivity index (χ2v) is 6.42. The zero-order valence-electron chi connectivity index (χ0n) is 12.4. The molecule has 132 valence electrons. The van der Waals surface area contributed by atoms with Gasteiger partial charge < -0.3 is 15.4 Å². The second kappa shape index (κ2) is 5.49. The highest BCUT2D eigenvalue weighted by Crippen LogP contribution is 2.73. The summed E-state index contributed by atoms with van der Waals surface area (Å²) in [6, 6.07) is 5.24. The molecule has 4 nitrogen and oxygen atoms in total. The van der Waals surface area contributed by atoms with E-state index in [4.69, 9.17) is 0 Å². The number of urea groups is 1. The average Bonchev–Trinajstić information content (AvgIpc) is 2.37. The van der Waals surface area contributed by atoms with E-state index < -0.39 is 29.8 Å². The van der Waals surface area contributed by atoms with Crippen LogP contribution in [-0.4, -0.2) is 24.4 Å². The van der Waals surface area contributed by atoms with Crippen LogP contribution in [0.5, 0.6) is 5.75 Å². The zero-order valence-corrected chi connectivity index (χ0v) is 12.4. The molecule has 0 atom stereocenters. The molecule has 2 N–H and O–H groups in total. The molecular formula is C15H15F5N2O2. The van der Waals surface area contributed by atoms with E-state index in [0.29, 0.717) is 5.56 Å². The summed E-state index contributed by atoms with van der Waals surface area (Å²) in [5.41, 5.74) is -1.85. The minimum absolute atomic E-state index is 0.0313. The van der Waals surface area contributed by atoms with Crippen molar-refractivity contribution in [3.8, 4) is 5.75 Å². The van der Waals surface area contributed by atoms with Crippen molar-refractivity contribution in [2.45, 2.75) is 44.1 Å². The summed E-state index contributed by atoms with van der Waals surface area (Å²) in [6.45, 7) is -2.89. The standard InChI is InChI=1S/C15H15F5N2O2/c16-11(17)24-10-3-1-2-9(4-10)5-21-12(23)22-14-6-13(7-14,8-14)15(18,19)20/h1-4,11H,5-8H2,(H2,21,22,23). The Kier molecular flexibility index (Phi) is 3.84. The van der Waals surface area contributed by atoms with E-state index in [1.54, 1.807) is 6.07 Å². The highest BCUT2D eigenvalue weighted by molar-refractivity contribution is 5.75. The van der Waals surface area contributed by atoms with Crippen LogP contribution in [0.4, 0.5) is 26.7 Å². The minimum Gasteiger partial charge on any atom is -0.435 e. The van der Waals surface area contributed by atoms with Crippen molar-refractivity contribution < 1.29 is 31.5 Å². The number of hydrogen-bond acceptors (Lipinski definition) is 2. The van der Waals surface area contributed by atoms with Gasteiger partial charge in [-0.2, -0.15) is 22.0 Å². The molecule has 0 aromatic heterocycles. The molecule has 1 aromatic rings. The third kappa shape index (κ3) is 2.99. The molecule has 3 aliphatic carbocycles. The maximum atomic E-state index is 12.7. The lowest BCUT2D eigenvalue weighted by atomic mass is 9.39. The third-order valence-electron chi connectivity index (χ3n) is 4.59. The van der Waals surface area contributed by atoms with Crippen LogP contribution in [-0.2, 0) is 6.54 Å². The molecule has 0 radical (unpaired) electrons. The number of nitrogens with one attached hydrogen (secondary N) is 2. The van der Waals surface area contributed by atoms with Crippen molar-refractivity contribution in [3.63, 3.8) is 0 Å². The normalized spacial score (nSPS) is 27.9. The van der Waals surface area contributed by atoms with E-state index in [1.807, 2.05) is 0 Å². The first-order valence-electron chi connectivity index (χ1n) is 7.30. The number of alkyl halides is 5. The molecule has 2 bridgehead atoms. The summed E-state index contributed by atoms with van der Waals surface area (Å²) >= 11 is 0. The van der Waals surface area contributed by atoms with Crippen LogP contribution in [0.25, 0.3) is 0 Å². The first-order chi connectivity index (χ1) is 11.1. The van der Waals surface area contributed by atoms with E-state index >= 15 is 0 Å². The largest absolute Gasteiger partial charge is 0.435 e. The molecule has 4 rings (SSSR count). The third-order valence-corrected chi connectivity index (χ3v) is 4.59. The van der Waals surface area contributed by atoms with Gasteiger partial charge in [0.25, 0.3) is 0 Å². The van der Waals surface area contributed by atoms with Crippen molar-refractivity contribution in [3.05, 3.63) is 29.8 Å². The number of carbonyl (C=O) groups excluding carboxylic acids is 1. The van der Waals surface area contributed by atoms with Crippen LogP contribution in [0, 0.1) is 5.41 Å². The quantitative estimate of drug-likeness (QED) is 0.798. The predicted molar refractivity (Wildman–Crippen MR) is 73.5 cm³/mol. The maximum absolute atomic E-state index is 12.7. The first-order valence-corrected chi connectivity index (χ1v) is 7.30. The summed E-state index contributed by atoms with van der Waals surface area (Å²) in [5.74, 6) is -0.0313. The Labute approximate surface area is 134 Å². The van der Waals surface area contributed by atoms with Crippen molar-refractivity contribution in [1.82, 2.24) is 10.6 Å². The van der Waals surface area contributed by atoms with Gasteiger partial charge in [-0.1, -0.05) is 12.1 Å². The molecule has 3 aliphatic rings. The molecule has 3 saturated carbocycles. The minimum atomic E-state index is -4.22. The van der Waals surface area contributed by atoms with Crippen LogP contribution >= 0.6 is 0 Å². The van der Waals surface area contributed by atoms with Crippen LogP contribution in [0.15, 0.2) is 24.3 Å². The summed E-state index contributed by atoms with van der Waals surface area (Å²) < 4.78 is 66.7. The lowest BCUT2D eigenvalue weighted by Gasteiger charge is -2.70. The Balaban J connectivity index is 1.46. The summed E-state index contributed by atoms with van der Waals surface area (Å²) in [6.07, 6.45) is -4.49. The molecule has 1 aromatic carbocycles. The molecule has 0 spiro atoms. The molecule has 3 fully saturated rings. The van der Waals surface area contributed by atoms with Gasteiger partial charge in [0.15, 0.2) is 0 Å². The van der Waals surface area contributed by atoms with Crippen LogP contribution in [0.1, 0.15) is 24.8 Å². The molecule has 0 saturated heterocycles. The fraction of sp³-hybridized carbons (Fsp3) is 0.533. The summed E-state index contributed by atoms with van der Waals surface area (Å²) in [4.78, 5) is 11.8. The number of benzene rings is 1. The van der Waals surface area contributed by atoms with Crippen LogP contribution in [0.2, 0.25) is 0 Å². The number of carbonyl (C=O) groups is 1. The fourth-order valence-corrected chi connectivity index (χ4v) is 3.52. The van der Waals surface area contributed by atoms with Crippen molar-refractivity contribution >= 4 is 6.03 Å². The van der Waals surface area contributed by atoms with Gasteiger partial charge in [0.2, 0.25) is 0 Å². The molecule has 0 unspecified atom stereocenters. The Hall–Kier alpha value is -2.06. The van der Waals surface area contributed by atoms with E-state index in [1.165, 1.54) is 18.2 Å². The Morgan fingerprint density at radius 3 is 2.50 bits per heavy atom. The number of hydrogen-bond donors (Lipinski definition) is 2. The molecular weight excluding hydrogens is 335 g/mol. The molecule has 24 heavy (non-hydrogen) atoms. The Bertz CT molecular complexity index is 627. The van der Waals surface area contributed by atoms with Gasteiger partial charge in [-0.15, -0.1) is 0 Å². The van der Waals surface area contributed by atoms with Gasteiger partial charge in [0.1, 0.15) is 5.75 Å². The maximum Gasteiger partial charge on any atom is 0.394 e. The van der Waals surface area contributed by atoms with E-state index in [2.05, 4.69) is 15.4 Å². The van der Waals surface area contributed by atoms with Crippen molar-refractivity contribution in [2.24, 2.45) is 5.41 Å². The topological polar surface area (TPSA) is 50.4 Å². The predicted octanol–water partition coefficient (Wildman–Crippen LogP) is 3.57. The zero-order chi connectivity index (χ0) is 17.6. The molecule has 0 aliphatic heterocycles. The van der Waals surface area contributed by atoms with Crippen molar-refractivity contribution in [1.29, 1.82) is 0 Å². The highest BCUT2D eigenvalue weighted by atomic mass is 19.4. The monoisotopic (exact) mass is 350 g/mol. The van der Waals surface area contributed by atoms with Crippen LogP contribution in [0.3, 0.4) is 0 Å². The van der Waals surface area contributed by atoms with Gasteiger partial charge in [-0.25, -0.2) is 4.79 Å². The van der Waals surface area contributed by atoms with E-state index in [0.717, 1.165) is 0 Å². The van der Waals surface area contributed by atoms with E-state index in [-0.39, 0.29) is 31.6 Å². The number of ether oxygens (including phenoxy) is 1. The molecule has 9 heteroatoms. The Morgan fingerprint density at radius 2 is 1.92 bits per heavy atom. The summed E-state index contributed by atoms with van der Waals surface area (Å²) in [7, 11) is 0. The number of halogens is 5. The van der Waals surface area contributed by atoms with Gasteiger partial charge >= 0.3 is 18.8 Å². The van der Waals surface area contributed by atoms with Gasteiger partial charge in [-0.05, 0) is 37.0 Å². The number of amides is 2. The molecule has 2 amide bonds. The fourth-order valence-electron chi connectivity index (χ4n) is 3.52. The lowest BCUT2D eigenvalue weighted by Crippen LogP contribution is -2.79. The lowest BCUT2D eigenvalue weighted by molar-refractivity contribution is -0.336. The first kappa shape index (κ1) is 16.8. The Morgan fingerprint density at radius 1 is 1.25 bits per heavy atom. The highest BCUT2D eigenvalue weighted by Gasteiger charge is 2.79. The van der Waals surface area contributed by atoms with Crippen LogP contribution < -0.4 is 15.4 Å². The smallest absolute Gasteiger partial charge is 0.394 e. The van der Waals surface area contributed by atoms with Gasteiger partial charge in [-0.3, -0.25) is 0 Å². The van der Waals surface area contributed by atoms with E-state index in [9.17, 15) is 26.7 Å². The molecule has 0 heterocycles. The second-order valence-electron chi connectivity index (χ2n) is 6.42. The van der Waals surface area contributed by atoms with Gasteiger partial charge in [0, 0.05) is 12.1 Å². The SMILES string of the molecule is O=C(NCc1cccc(OC(F)F)c1)NC12CC(C(F)(F)F)(C1)C2. The summed E-state index contributed by atoms with van der Waals surface area (Å²) in [5, 5.41) is 5.08. The van der Waals surface area contributed by atoms with Crippen molar-refractivity contribution in [2.75, 3.05) is 0 Å².